The average Bonchev–Trinajstić information content (AvgIpc) is 3.73. The van der Waals surface area contributed by atoms with Crippen LogP contribution in [0.1, 0.15) is 154 Å². The van der Waals surface area contributed by atoms with Crippen LogP contribution < -0.4 is 16.4 Å². The van der Waals surface area contributed by atoms with Gasteiger partial charge in [0.05, 0.1) is 51.3 Å². The van der Waals surface area contributed by atoms with E-state index in [0.717, 1.165) is 12.8 Å². The predicted molar refractivity (Wildman–Crippen MR) is 228 cm³/mol. The largest absolute Gasteiger partial charge is 0.481 e. The number of nitrogens with one attached hydrogen (secondary N) is 3. The Kier molecular flexibility index (Phi) is 35.5. The van der Waals surface area contributed by atoms with Gasteiger partial charge in [-0.25, -0.2) is 4.98 Å². The number of aliphatic carboxylic acids is 1. The zero-order valence-electron chi connectivity index (χ0n) is 36.3. The third kappa shape index (κ3) is 34.2. The number of aromatic amines is 1. The van der Waals surface area contributed by atoms with Crippen molar-refractivity contribution >= 4 is 29.4 Å². The van der Waals surface area contributed by atoms with E-state index in [4.69, 9.17) is 24.7 Å². The molecule has 0 aromatic carbocycles. The summed E-state index contributed by atoms with van der Waals surface area (Å²) in [4.78, 5) is 66.9. The highest BCUT2D eigenvalue weighted by Gasteiger charge is 2.24. The zero-order valence-corrected chi connectivity index (χ0v) is 36.3. The standard InChI is InChI=1S/C44H79N5O10/c1-2-3-4-5-6-7-8-9-10-11-12-13-14-15-16-21-39(50)22-19-25-56-27-29-58-35-43(53)48-24-26-57-28-30-59-34-42(52)47-23-18-17-20-37(44(54)55)31-41(51)40(45)32-38-33-46-36-49-38/h33,36-37,40H,2-32,34-35,45H2,1H3,(H,46,49)(H,47,52)(H,48,53)(H,54,55)/t37-,40+/m1/s1. The van der Waals surface area contributed by atoms with Gasteiger partial charge in [0, 0.05) is 57.3 Å². The number of carbonyl (C=O) groups excluding carboxylic acids is 4. The fourth-order valence-electron chi connectivity index (χ4n) is 6.52. The van der Waals surface area contributed by atoms with Gasteiger partial charge in [-0.15, -0.1) is 0 Å². The zero-order chi connectivity index (χ0) is 43.0. The molecule has 2 atom stereocenters. The maximum absolute atomic E-state index is 12.4. The molecular weight excluding hydrogens is 759 g/mol. The van der Waals surface area contributed by atoms with E-state index in [1.54, 1.807) is 6.20 Å². The van der Waals surface area contributed by atoms with E-state index < -0.39 is 17.9 Å². The van der Waals surface area contributed by atoms with Gasteiger partial charge in [-0.3, -0.25) is 24.0 Å². The Bertz CT molecular complexity index is 1200. The molecule has 0 saturated heterocycles. The van der Waals surface area contributed by atoms with E-state index in [0.29, 0.717) is 82.9 Å². The van der Waals surface area contributed by atoms with Crippen LogP contribution in [0.2, 0.25) is 0 Å². The first-order valence-corrected chi connectivity index (χ1v) is 22.6. The molecule has 0 aliphatic rings. The number of imidazole rings is 1. The number of aromatic nitrogens is 2. The topological polar surface area (TPSA) is 221 Å². The Hall–Kier alpha value is -3.24. The first kappa shape index (κ1) is 53.8. The van der Waals surface area contributed by atoms with Crippen LogP contribution in [-0.2, 0) is 49.3 Å². The summed E-state index contributed by atoms with van der Waals surface area (Å²) in [6, 6.07) is -0.802. The van der Waals surface area contributed by atoms with Gasteiger partial charge < -0.3 is 45.4 Å². The number of hydrogen-bond acceptors (Lipinski definition) is 11. The highest BCUT2D eigenvalue weighted by Crippen LogP contribution is 2.16. The molecule has 1 aromatic heterocycles. The van der Waals surface area contributed by atoms with Crippen LogP contribution in [0.15, 0.2) is 12.5 Å². The van der Waals surface area contributed by atoms with Crippen LogP contribution in [0, 0.1) is 5.92 Å². The molecule has 340 valence electrons. The average molecular weight is 838 g/mol. The molecule has 0 aliphatic heterocycles. The van der Waals surface area contributed by atoms with Gasteiger partial charge in [0.15, 0.2) is 5.78 Å². The number of carboxylic acids is 1. The maximum Gasteiger partial charge on any atom is 0.306 e. The number of rotatable bonds is 44. The van der Waals surface area contributed by atoms with Crippen molar-refractivity contribution in [2.24, 2.45) is 11.7 Å². The predicted octanol–water partition coefficient (Wildman–Crippen LogP) is 6.02. The molecule has 0 bridgehead atoms. The number of carbonyl (C=O) groups is 5. The van der Waals surface area contributed by atoms with Crippen molar-refractivity contribution in [3.05, 3.63) is 18.2 Å². The Morgan fingerprint density at radius 1 is 0.661 bits per heavy atom. The molecule has 1 rings (SSSR count). The molecule has 0 spiro atoms. The highest BCUT2D eigenvalue weighted by atomic mass is 16.5. The maximum atomic E-state index is 12.4. The minimum absolute atomic E-state index is 0.0822. The number of ketones is 2. The van der Waals surface area contributed by atoms with Crippen LogP contribution in [0.25, 0.3) is 0 Å². The smallest absolute Gasteiger partial charge is 0.306 e. The Morgan fingerprint density at radius 2 is 1.19 bits per heavy atom. The van der Waals surface area contributed by atoms with E-state index in [1.807, 2.05) is 0 Å². The van der Waals surface area contributed by atoms with Crippen molar-refractivity contribution in [1.29, 1.82) is 0 Å². The minimum atomic E-state index is -1.04. The van der Waals surface area contributed by atoms with Gasteiger partial charge in [0.1, 0.15) is 19.0 Å². The van der Waals surface area contributed by atoms with Gasteiger partial charge in [-0.05, 0) is 25.7 Å². The lowest BCUT2D eigenvalue weighted by Crippen LogP contribution is -2.35. The quantitative estimate of drug-likeness (QED) is 0.0477. The number of nitrogens with two attached hydrogens (primary N) is 1. The normalized spacial score (nSPS) is 12.3. The van der Waals surface area contributed by atoms with Crippen LogP contribution in [0.5, 0.6) is 0 Å². The fourth-order valence-corrected chi connectivity index (χ4v) is 6.52. The fraction of sp³-hybridized carbons (Fsp3) is 0.818. The van der Waals surface area contributed by atoms with Crippen molar-refractivity contribution in [2.75, 3.05) is 65.9 Å². The third-order valence-electron chi connectivity index (χ3n) is 10.1. The van der Waals surface area contributed by atoms with E-state index in [9.17, 15) is 29.1 Å². The SMILES string of the molecule is CCCCCCCCCCCCCCCCCC(=O)CCCOCCOCC(=O)NCCOCCOCC(=O)NCCCC[C@H](CC(=O)[C@@H](N)Cc1cnc[nH]1)C(=O)O. The molecule has 0 aliphatic carbocycles. The molecule has 0 unspecified atom stereocenters. The summed E-state index contributed by atoms with van der Waals surface area (Å²) in [5.74, 6) is -2.44. The molecule has 15 nitrogen and oxygen atoms in total. The van der Waals surface area contributed by atoms with Gasteiger partial charge in [-0.2, -0.15) is 0 Å². The van der Waals surface area contributed by atoms with Crippen LogP contribution in [0.3, 0.4) is 0 Å². The van der Waals surface area contributed by atoms with Crippen molar-refractivity contribution in [1.82, 2.24) is 20.6 Å². The molecule has 0 fully saturated rings. The molecule has 1 heterocycles. The summed E-state index contributed by atoms with van der Waals surface area (Å²) in [6.07, 6.45) is 26.2. The Morgan fingerprint density at radius 3 is 1.75 bits per heavy atom. The van der Waals surface area contributed by atoms with E-state index in [2.05, 4.69) is 27.5 Å². The number of nitrogens with zero attached hydrogens (tertiary/aromatic N) is 1. The van der Waals surface area contributed by atoms with Crippen molar-refractivity contribution < 1.29 is 48.0 Å². The van der Waals surface area contributed by atoms with E-state index in [-0.39, 0.29) is 63.5 Å². The molecule has 0 saturated carbocycles. The Labute approximate surface area is 353 Å². The second-order valence-electron chi connectivity index (χ2n) is 15.5. The lowest BCUT2D eigenvalue weighted by molar-refractivity contribution is -0.144. The third-order valence-corrected chi connectivity index (χ3v) is 10.1. The summed E-state index contributed by atoms with van der Waals surface area (Å²) in [5.41, 5.74) is 6.65. The molecule has 1 aromatic rings. The van der Waals surface area contributed by atoms with Gasteiger partial charge in [-0.1, -0.05) is 103 Å². The van der Waals surface area contributed by atoms with E-state index in [1.165, 1.54) is 89.8 Å². The van der Waals surface area contributed by atoms with Crippen LogP contribution in [-0.4, -0.2) is 116 Å². The number of unbranched alkanes of at least 4 members (excludes halogenated alkanes) is 15. The van der Waals surface area contributed by atoms with Crippen LogP contribution in [0.4, 0.5) is 0 Å². The minimum Gasteiger partial charge on any atom is -0.481 e. The summed E-state index contributed by atoms with van der Waals surface area (Å²) in [6.45, 7) is 4.60. The Balaban J connectivity index is 1.83. The van der Waals surface area contributed by atoms with Gasteiger partial charge >= 0.3 is 5.97 Å². The van der Waals surface area contributed by atoms with Gasteiger partial charge in [0.25, 0.3) is 0 Å². The summed E-state index contributed by atoms with van der Waals surface area (Å²) < 4.78 is 21.6. The monoisotopic (exact) mass is 838 g/mol. The lowest BCUT2D eigenvalue weighted by atomic mass is 9.92. The van der Waals surface area contributed by atoms with Crippen molar-refractivity contribution in [2.45, 2.75) is 161 Å². The first-order valence-electron chi connectivity index (χ1n) is 22.6. The number of hydrogen-bond donors (Lipinski definition) is 5. The van der Waals surface area contributed by atoms with Crippen molar-refractivity contribution in [3.8, 4) is 0 Å². The van der Waals surface area contributed by atoms with Gasteiger partial charge in [0.2, 0.25) is 11.8 Å². The number of carboxylic acid groups (broad SMARTS) is 1. The molecule has 15 heteroatoms. The molecule has 6 N–H and O–H groups in total. The molecule has 59 heavy (non-hydrogen) atoms. The second kappa shape index (κ2) is 38.9. The number of H-pyrrole nitrogens is 1. The number of amides is 2. The highest BCUT2D eigenvalue weighted by molar-refractivity contribution is 5.87. The van der Waals surface area contributed by atoms with Crippen molar-refractivity contribution in [3.63, 3.8) is 0 Å². The molecular formula is C44H79N5O10. The summed E-state index contributed by atoms with van der Waals surface area (Å²) in [5, 5.41) is 14.9. The number of Topliss-reactive ketones (excluding diaryl/α,β-unsaturated/α-hetero) is 2. The first-order chi connectivity index (χ1) is 28.7. The summed E-state index contributed by atoms with van der Waals surface area (Å²) in [7, 11) is 0. The summed E-state index contributed by atoms with van der Waals surface area (Å²) >= 11 is 0. The molecule has 0 radical (unpaired) electrons. The van der Waals surface area contributed by atoms with E-state index >= 15 is 0 Å². The van der Waals surface area contributed by atoms with Crippen LogP contribution >= 0.6 is 0 Å². The number of ether oxygens (including phenoxy) is 4. The lowest BCUT2D eigenvalue weighted by Gasteiger charge is -2.15. The molecule has 2 amide bonds. The second-order valence-corrected chi connectivity index (χ2v) is 15.5.